The molecule has 96 valence electrons. The fourth-order valence-corrected chi connectivity index (χ4v) is 2.01. The standard InChI is InChI=1S/C11H19N3O3/c1-11(2,7-13-14-12)17-10(16)5-8-3-9(4-8)6-15/h8-9,15H,3-7H2,1-2H3/t8-,9+. The van der Waals surface area contributed by atoms with Gasteiger partial charge in [0, 0.05) is 17.9 Å². The highest BCUT2D eigenvalue weighted by Gasteiger charge is 2.32. The number of rotatable bonds is 6. The summed E-state index contributed by atoms with van der Waals surface area (Å²) in [6, 6.07) is 0. The van der Waals surface area contributed by atoms with Crippen molar-refractivity contribution in [2.45, 2.75) is 38.7 Å². The SMILES string of the molecule is CC(C)(CN=[N+]=[N-])OC(=O)C[C@H]1C[C@@H](CO)C1. The van der Waals surface area contributed by atoms with E-state index in [1.165, 1.54) is 0 Å². The van der Waals surface area contributed by atoms with Gasteiger partial charge in [-0.05, 0) is 44.1 Å². The van der Waals surface area contributed by atoms with Crippen molar-refractivity contribution in [3.63, 3.8) is 0 Å². The van der Waals surface area contributed by atoms with E-state index in [1.54, 1.807) is 13.8 Å². The third-order valence-corrected chi connectivity index (χ3v) is 2.95. The van der Waals surface area contributed by atoms with E-state index in [4.69, 9.17) is 15.4 Å². The van der Waals surface area contributed by atoms with Crippen molar-refractivity contribution in [3.05, 3.63) is 10.4 Å². The molecule has 1 aliphatic carbocycles. The van der Waals surface area contributed by atoms with E-state index in [-0.39, 0.29) is 19.1 Å². The van der Waals surface area contributed by atoms with Crippen LogP contribution in [0.15, 0.2) is 5.11 Å². The maximum Gasteiger partial charge on any atom is 0.306 e. The van der Waals surface area contributed by atoms with E-state index in [0.717, 1.165) is 12.8 Å². The smallest absolute Gasteiger partial charge is 0.306 e. The molecule has 1 aliphatic rings. The fourth-order valence-electron chi connectivity index (χ4n) is 2.01. The minimum atomic E-state index is -0.747. The van der Waals surface area contributed by atoms with Gasteiger partial charge in [0.1, 0.15) is 5.60 Å². The molecule has 0 bridgehead atoms. The van der Waals surface area contributed by atoms with Crippen molar-refractivity contribution in [1.82, 2.24) is 0 Å². The number of aliphatic hydroxyl groups is 1. The Morgan fingerprint density at radius 2 is 2.18 bits per heavy atom. The van der Waals surface area contributed by atoms with Gasteiger partial charge in [0.25, 0.3) is 0 Å². The number of carbonyl (C=O) groups is 1. The molecule has 0 radical (unpaired) electrons. The summed E-state index contributed by atoms with van der Waals surface area (Å²) in [4.78, 5) is 14.2. The number of carbonyl (C=O) groups excluding carboxylic acids is 1. The van der Waals surface area contributed by atoms with Crippen LogP contribution in [0, 0.1) is 11.8 Å². The van der Waals surface area contributed by atoms with E-state index in [0.29, 0.717) is 18.3 Å². The van der Waals surface area contributed by atoms with Crippen molar-refractivity contribution in [2.75, 3.05) is 13.2 Å². The molecule has 6 heteroatoms. The first-order valence-corrected chi connectivity index (χ1v) is 5.80. The van der Waals surface area contributed by atoms with Crippen LogP contribution < -0.4 is 0 Å². The number of esters is 1. The van der Waals surface area contributed by atoms with E-state index in [9.17, 15) is 4.79 Å². The predicted octanol–water partition coefficient (Wildman–Crippen LogP) is 2.03. The normalized spacial score (nSPS) is 23.5. The summed E-state index contributed by atoms with van der Waals surface area (Å²) in [7, 11) is 0. The molecule has 1 rings (SSSR count). The molecular weight excluding hydrogens is 222 g/mol. The summed E-state index contributed by atoms with van der Waals surface area (Å²) in [5.41, 5.74) is 7.46. The molecule has 0 aromatic carbocycles. The summed E-state index contributed by atoms with van der Waals surface area (Å²) in [5, 5.41) is 12.3. The van der Waals surface area contributed by atoms with Gasteiger partial charge in [0.15, 0.2) is 0 Å². The van der Waals surface area contributed by atoms with Crippen LogP contribution in [0.2, 0.25) is 0 Å². The van der Waals surface area contributed by atoms with Gasteiger partial charge in [-0.25, -0.2) is 0 Å². The minimum Gasteiger partial charge on any atom is -0.460 e. The summed E-state index contributed by atoms with van der Waals surface area (Å²) in [5.74, 6) is 0.420. The lowest BCUT2D eigenvalue weighted by Crippen LogP contribution is -2.34. The molecule has 1 fully saturated rings. The Morgan fingerprint density at radius 1 is 1.53 bits per heavy atom. The molecule has 1 saturated carbocycles. The highest BCUT2D eigenvalue weighted by molar-refractivity contribution is 5.70. The number of nitrogens with zero attached hydrogens (tertiary/aromatic N) is 3. The van der Waals surface area contributed by atoms with Crippen LogP contribution in [0.5, 0.6) is 0 Å². The van der Waals surface area contributed by atoms with Crippen LogP contribution in [-0.2, 0) is 9.53 Å². The monoisotopic (exact) mass is 241 g/mol. The molecule has 0 heterocycles. The number of aliphatic hydroxyl groups excluding tert-OH is 1. The molecule has 1 N–H and O–H groups in total. The zero-order valence-electron chi connectivity index (χ0n) is 10.3. The van der Waals surface area contributed by atoms with Gasteiger partial charge in [0.05, 0.1) is 6.54 Å². The second-order valence-corrected chi connectivity index (χ2v) is 5.21. The minimum absolute atomic E-state index is 0.138. The van der Waals surface area contributed by atoms with Gasteiger partial charge < -0.3 is 9.84 Å². The largest absolute Gasteiger partial charge is 0.460 e. The third kappa shape index (κ3) is 4.63. The Labute approximate surface area is 101 Å². The lowest BCUT2D eigenvalue weighted by molar-refractivity contribution is -0.158. The van der Waals surface area contributed by atoms with Crippen molar-refractivity contribution in [1.29, 1.82) is 0 Å². The number of hydrogen-bond acceptors (Lipinski definition) is 4. The summed E-state index contributed by atoms with van der Waals surface area (Å²) < 4.78 is 5.25. The molecule has 0 aliphatic heterocycles. The van der Waals surface area contributed by atoms with Crippen LogP contribution in [0.25, 0.3) is 10.4 Å². The molecule has 0 atom stereocenters. The molecule has 0 saturated heterocycles. The molecule has 0 spiro atoms. The van der Waals surface area contributed by atoms with Crippen LogP contribution >= 0.6 is 0 Å². The van der Waals surface area contributed by atoms with E-state index >= 15 is 0 Å². The van der Waals surface area contributed by atoms with Crippen molar-refractivity contribution in [3.8, 4) is 0 Å². The zero-order chi connectivity index (χ0) is 12.9. The molecule has 0 aromatic rings. The van der Waals surface area contributed by atoms with Gasteiger partial charge in [-0.2, -0.15) is 0 Å². The van der Waals surface area contributed by atoms with Crippen LogP contribution in [0.4, 0.5) is 0 Å². The highest BCUT2D eigenvalue weighted by Crippen LogP contribution is 2.36. The molecular formula is C11H19N3O3. The molecule has 6 nitrogen and oxygen atoms in total. The fraction of sp³-hybridized carbons (Fsp3) is 0.909. The van der Waals surface area contributed by atoms with Gasteiger partial charge >= 0.3 is 5.97 Å². The van der Waals surface area contributed by atoms with Gasteiger partial charge in [-0.1, -0.05) is 5.11 Å². The maximum atomic E-state index is 11.6. The first-order chi connectivity index (χ1) is 7.96. The summed E-state index contributed by atoms with van der Waals surface area (Å²) in [6.07, 6.45) is 2.17. The molecule has 0 amide bonds. The third-order valence-electron chi connectivity index (χ3n) is 2.95. The van der Waals surface area contributed by atoms with E-state index < -0.39 is 5.60 Å². The second kappa shape index (κ2) is 5.89. The van der Waals surface area contributed by atoms with E-state index in [2.05, 4.69) is 10.0 Å². The predicted molar refractivity (Wildman–Crippen MR) is 62.1 cm³/mol. The second-order valence-electron chi connectivity index (χ2n) is 5.21. The Hall–Kier alpha value is -1.26. The topological polar surface area (TPSA) is 95.3 Å². The van der Waals surface area contributed by atoms with Crippen LogP contribution in [0.1, 0.15) is 33.1 Å². The number of ether oxygens (including phenoxy) is 1. The average molecular weight is 241 g/mol. The quantitative estimate of drug-likeness (QED) is 0.333. The Morgan fingerprint density at radius 3 is 2.71 bits per heavy atom. The van der Waals surface area contributed by atoms with Crippen molar-refractivity contribution in [2.24, 2.45) is 17.0 Å². The van der Waals surface area contributed by atoms with Gasteiger partial charge in [-0.15, -0.1) is 0 Å². The first kappa shape index (κ1) is 13.8. The zero-order valence-corrected chi connectivity index (χ0v) is 10.3. The van der Waals surface area contributed by atoms with Gasteiger partial charge in [-0.3, -0.25) is 4.79 Å². The van der Waals surface area contributed by atoms with Crippen molar-refractivity contribution < 1.29 is 14.6 Å². The first-order valence-electron chi connectivity index (χ1n) is 5.80. The average Bonchev–Trinajstić information content (AvgIpc) is 2.19. The Kier molecular flexibility index (Phi) is 4.78. The Bertz CT molecular complexity index is 318. The summed E-state index contributed by atoms with van der Waals surface area (Å²) in [6.45, 7) is 3.78. The summed E-state index contributed by atoms with van der Waals surface area (Å²) >= 11 is 0. The lowest BCUT2D eigenvalue weighted by Gasteiger charge is -2.34. The number of hydrogen-bond donors (Lipinski definition) is 1. The van der Waals surface area contributed by atoms with Crippen molar-refractivity contribution >= 4 is 5.97 Å². The lowest BCUT2D eigenvalue weighted by atomic mass is 9.74. The van der Waals surface area contributed by atoms with Crippen LogP contribution in [-0.4, -0.2) is 29.8 Å². The van der Waals surface area contributed by atoms with Crippen LogP contribution in [0.3, 0.4) is 0 Å². The van der Waals surface area contributed by atoms with Gasteiger partial charge in [0.2, 0.25) is 0 Å². The highest BCUT2D eigenvalue weighted by atomic mass is 16.6. The maximum absolute atomic E-state index is 11.6. The molecule has 17 heavy (non-hydrogen) atoms. The molecule has 0 unspecified atom stereocenters. The van der Waals surface area contributed by atoms with E-state index in [1.807, 2.05) is 0 Å². The Balaban J connectivity index is 2.27. The molecule has 0 aromatic heterocycles. The number of azide groups is 1.